The van der Waals surface area contributed by atoms with Gasteiger partial charge in [-0.15, -0.1) is 0 Å². The summed E-state index contributed by atoms with van der Waals surface area (Å²) in [6, 6.07) is 0. The summed E-state index contributed by atoms with van der Waals surface area (Å²) in [5.41, 5.74) is 0.338. The third-order valence-electron chi connectivity index (χ3n) is 3.37. The minimum absolute atomic E-state index is 0.142. The zero-order valence-corrected chi connectivity index (χ0v) is 10.1. The summed E-state index contributed by atoms with van der Waals surface area (Å²) in [5, 5.41) is 5.41. The zero-order valence-electron chi connectivity index (χ0n) is 10.1. The van der Waals surface area contributed by atoms with Crippen LogP contribution in [0.25, 0.3) is 0 Å². The molecule has 0 aromatic heterocycles. The Hall–Kier alpha value is -1.58. The quantitative estimate of drug-likeness (QED) is 0.710. The molecule has 1 fully saturated rings. The number of hydrogen-bond acceptors (Lipinski definition) is 2. The average molecular weight is 234 g/mol. The van der Waals surface area contributed by atoms with Crippen LogP contribution in [-0.4, -0.2) is 25.4 Å². The highest BCUT2D eigenvalue weighted by molar-refractivity contribution is 6.07. The maximum Gasteiger partial charge on any atom is 0.235 e. The van der Waals surface area contributed by atoms with Gasteiger partial charge in [-0.2, -0.15) is 0 Å². The van der Waals surface area contributed by atoms with Crippen LogP contribution in [0.1, 0.15) is 25.7 Å². The molecule has 0 heterocycles. The van der Waals surface area contributed by atoms with Crippen LogP contribution in [0.2, 0.25) is 0 Å². The highest BCUT2D eigenvalue weighted by Gasteiger charge is 2.55. The second-order valence-electron chi connectivity index (χ2n) is 4.60. The van der Waals surface area contributed by atoms with Crippen molar-refractivity contribution in [1.82, 2.24) is 10.6 Å². The summed E-state index contributed by atoms with van der Waals surface area (Å²) < 4.78 is 0. The molecule has 92 valence electrons. The highest BCUT2D eigenvalue weighted by atomic mass is 16.2. The Morgan fingerprint density at radius 2 is 2.06 bits per heavy atom. The maximum atomic E-state index is 11.9. The summed E-state index contributed by atoms with van der Waals surface area (Å²) in [6.45, 7) is 0.522. The van der Waals surface area contributed by atoms with Crippen LogP contribution in [0.5, 0.6) is 0 Å². The molecule has 0 aliphatic heterocycles. The van der Waals surface area contributed by atoms with Gasteiger partial charge in [-0.25, -0.2) is 0 Å². The first-order valence-electron chi connectivity index (χ1n) is 6.05. The zero-order chi connectivity index (χ0) is 12.3. The molecule has 1 saturated carbocycles. The minimum atomic E-state index is -0.784. The van der Waals surface area contributed by atoms with Crippen molar-refractivity contribution in [2.45, 2.75) is 25.7 Å². The molecule has 2 aliphatic carbocycles. The van der Waals surface area contributed by atoms with Crippen molar-refractivity contribution in [3.8, 4) is 0 Å². The summed E-state index contributed by atoms with van der Waals surface area (Å²) in [5.74, 6) is -0.306. The van der Waals surface area contributed by atoms with Gasteiger partial charge in [0.2, 0.25) is 11.8 Å². The van der Waals surface area contributed by atoms with E-state index in [1.54, 1.807) is 7.05 Å². The van der Waals surface area contributed by atoms with E-state index in [2.05, 4.69) is 22.8 Å². The largest absolute Gasteiger partial charge is 0.358 e. The summed E-state index contributed by atoms with van der Waals surface area (Å²) in [6.07, 6.45) is 9.68. The number of carbonyl (C=O) groups excluding carboxylic acids is 2. The smallest absolute Gasteiger partial charge is 0.235 e. The van der Waals surface area contributed by atoms with E-state index in [0.29, 0.717) is 19.4 Å². The SMILES string of the molecule is CNC(=O)C1(C(=O)NCC2=CCCC=C2)CC1. The molecule has 4 heteroatoms. The molecule has 0 atom stereocenters. The minimum Gasteiger partial charge on any atom is -0.358 e. The van der Waals surface area contributed by atoms with Crippen molar-refractivity contribution in [1.29, 1.82) is 0 Å². The summed E-state index contributed by atoms with van der Waals surface area (Å²) in [7, 11) is 1.57. The Kier molecular flexibility index (Phi) is 3.31. The van der Waals surface area contributed by atoms with Crippen LogP contribution in [0.4, 0.5) is 0 Å². The second-order valence-corrected chi connectivity index (χ2v) is 4.60. The lowest BCUT2D eigenvalue weighted by atomic mass is 10.0. The van der Waals surface area contributed by atoms with E-state index in [1.165, 1.54) is 0 Å². The van der Waals surface area contributed by atoms with Gasteiger partial charge >= 0.3 is 0 Å². The lowest BCUT2D eigenvalue weighted by Gasteiger charge is -2.14. The first-order valence-corrected chi connectivity index (χ1v) is 6.05. The van der Waals surface area contributed by atoms with E-state index in [-0.39, 0.29) is 11.8 Å². The molecule has 0 radical (unpaired) electrons. The Bertz CT molecular complexity index is 392. The monoisotopic (exact) mass is 234 g/mol. The van der Waals surface area contributed by atoms with E-state index < -0.39 is 5.41 Å². The van der Waals surface area contributed by atoms with Gasteiger partial charge in [0.15, 0.2) is 0 Å². The van der Waals surface area contributed by atoms with Crippen molar-refractivity contribution in [3.63, 3.8) is 0 Å². The molecule has 17 heavy (non-hydrogen) atoms. The van der Waals surface area contributed by atoms with Gasteiger partial charge < -0.3 is 10.6 Å². The lowest BCUT2D eigenvalue weighted by molar-refractivity contribution is -0.136. The molecule has 0 saturated heterocycles. The predicted octanol–water partition coefficient (Wildman–Crippen LogP) is 0.905. The number of nitrogens with one attached hydrogen (secondary N) is 2. The number of rotatable bonds is 4. The Balaban J connectivity index is 1.88. The average Bonchev–Trinajstić information content (AvgIpc) is 3.17. The van der Waals surface area contributed by atoms with Gasteiger partial charge in [0.05, 0.1) is 0 Å². The molecule has 0 unspecified atom stereocenters. The van der Waals surface area contributed by atoms with Crippen LogP contribution in [0, 0.1) is 5.41 Å². The third-order valence-corrected chi connectivity index (χ3v) is 3.37. The lowest BCUT2D eigenvalue weighted by Crippen LogP contribution is -2.42. The van der Waals surface area contributed by atoms with Gasteiger partial charge in [0.1, 0.15) is 5.41 Å². The number of carbonyl (C=O) groups is 2. The molecule has 0 aromatic carbocycles. The van der Waals surface area contributed by atoms with E-state index >= 15 is 0 Å². The van der Waals surface area contributed by atoms with Gasteiger partial charge in [0, 0.05) is 13.6 Å². The van der Waals surface area contributed by atoms with E-state index in [9.17, 15) is 9.59 Å². The van der Waals surface area contributed by atoms with Crippen LogP contribution in [-0.2, 0) is 9.59 Å². The van der Waals surface area contributed by atoms with Crippen LogP contribution in [0.3, 0.4) is 0 Å². The van der Waals surface area contributed by atoms with Crippen LogP contribution < -0.4 is 10.6 Å². The van der Waals surface area contributed by atoms with E-state index in [0.717, 1.165) is 18.4 Å². The fourth-order valence-electron chi connectivity index (χ4n) is 2.07. The number of amides is 2. The van der Waals surface area contributed by atoms with Crippen LogP contribution in [0.15, 0.2) is 23.8 Å². The number of hydrogen-bond donors (Lipinski definition) is 2. The van der Waals surface area contributed by atoms with Crippen molar-refractivity contribution in [3.05, 3.63) is 23.8 Å². The fourth-order valence-corrected chi connectivity index (χ4v) is 2.07. The summed E-state index contributed by atoms with van der Waals surface area (Å²) >= 11 is 0. The van der Waals surface area contributed by atoms with Crippen molar-refractivity contribution in [2.24, 2.45) is 5.41 Å². The molecule has 2 N–H and O–H groups in total. The highest BCUT2D eigenvalue weighted by Crippen LogP contribution is 2.46. The Morgan fingerprint density at radius 1 is 1.29 bits per heavy atom. The van der Waals surface area contributed by atoms with Gasteiger partial charge in [-0.3, -0.25) is 9.59 Å². The molecular weight excluding hydrogens is 216 g/mol. The third kappa shape index (κ3) is 2.40. The van der Waals surface area contributed by atoms with E-state index in [4.69, 9.17) is 0 Å². The second kappa shape index (κ2) is 4.73. The molecule has 4 nitrogen and oxygen atoms in total. The molecule has 0 spiro atoms. The predicted molar refractivity (Wildman–Crippen MR) is 65.2 cm³/mol. The van der Waals surface area contributed by atoms with Crippen molar-refractivity contribution in [2.75, 3.05) is 13.6 Å². The molecule has 2 aliphatic rings. The van der Waals surface area contributed by atoms with Gasteiger partial charge in [0.25, 0.3) is 0 Å². The molecular formula is C13H18N2O2. The standard InChI is InChI=1S/C13H18N2O2/c1-14-11(16)13(7-8-13)12(17)15-9-10-5-3-2-4-6-10/h3,5-6H,2,4,7-9H2,1H3,(H,14,16)(H,15,17). The maximum absolute atomic E-state index is 11.9. The summed E-state index contributed by atoms with van der Waals surface area (Å²) in [4.78, 5) is 23.5. The van der Waals surface area contributed by atoms with E-state index in [1.807, 2.05) is 6.08 Å². The van der Waals surface area contributed by atoms with Crippen molar-refractivity contribution < 1.29 is 9.59 Å². The Labute approximate surface area is 101 Å². The van der Waals surface area contributed by atoms with Gasteiger partial charge in [-0.1, -0.05) is 18.2 Å². The molecule has 0 bridgehead atoms. The van der Waals surface area contributed by atoms with Gasteiger partial charge in [-0.05, 0) is 31.3 Å². The van der Waals surface area contributed by atoms with Crippen molar-refractivity contribution >= 4 is 11.8 Å². The first kappa shape index (κ1) is 11.9. The fraction of sp³-hybridized carbons (Fsp3) is 0.538. The molecule has 2 rings (SSSR count). The van der Waals surface area contributed by atoms with Crippen LogP contribution >= 0.6 is 0 Å². The Morgan fingerprint density at radius 3 is 2.59 bits per heavy atom. The number of allylic oxidation sites excluding steroid dienone is 2. The first-order chi connectivity index (χ1) is 8.19. The normalized spacial score (nSPS) is 20.4. The molecule has 0 aromatic rings. The molecule has 2 amide bonds. The topological polar surface area (TPSA) is 58.2 Å².